The third-order valence-electron chi connectivity index (χ3n) is 3.96. The van der Waals surface area contributed by atoms with Gasteiger partial charge in [0.05, 0.1) is 42.2 Å². The van der Waals surface area contributed by atoms with Crippen molar-refractivity contribution in [3.05, 3.63) is 58.7 Å². The minimum absolute atomic E-state index is 0.0426. The molecular formula is C22H25NO6. The quantitative estimate of drug-likeness (QED) is 0.523. The van der Waals surface area contributed by atoms with Crippen LogP contribution in [0.1, 0.15) is 57.4 Å². The molecule has 0 bridgehead atoms. The molecule has 0 fully saturated rings. The van der Waals surface area contributed by atoms with E-state index in [1.165, 1.54) is 12.1 Å². The van der Waals surface area contributed by atoms with Crippen LogP contribution in [-0.2, 0) is 14.2 Å². The number of rotatable bonds is 8. The molecule has 0 heterocycles. The molecule has 7 heteroatoms. The second kappa shape index (κ2) is 10.3. The average molecular weight is 399 g/mol. The summed E-state index contributed by atoms with van der Waals surface area (Å²) in [5.74, 6) is -1.98. The molecule has 1 N–H and O–H groups in total. The van der Waals surface area contributed by atoms with Crippen molar-refractivity contribution in [3.8, 4) is 0 Å². The first-order valence-corrected chi connectivity index (χ1v) is 9.44. The highest BCUT2D eigenvalue weighted by atomic mass is 16.5. The van der Waals surface area contributed by atoms with Crippen LogP contribution in [0.2, 0.25) is 0 Å². The van der Waals surface area contributed by atoms with Gasteiger partial charge in [-0.25, -0.2) is 14.4 Å². The second-order valence-corrected chi connectivity index (χ2v) is 6.10. The predicted molar refractivity (Wildman–Crippen MR) is 109 cm³/mol. The van der Waals surface area contributed by atoms with Crippen LogP contribution in [0, 0.1) is 6.92 Å². The van der Waals surface area contributed by atoms with E-state index in [9.17, 15) is 14.4 Å². The Morgan fingerprint density at radius 1 is 0.759 bits per heavy atom. The molecule has 0 unspecified atom stereocenters. The van der Waals surface area contributed by atoms with E-state index < -0.39 is 17.9 Å². The maximum absolute atomic E-state index is 12.6. The molecular weight excluding hydrogens is 374 g/mol. The Morgan fingerprint density at radius 3 is 1.66 bits per heavy atom. The van der Waals surface area contributed by atoms with Gasteiger partial charge in [0.25, 0.3) is 0 Å². The SMILES string of the molecule is CCOC(=O)c1cc(C(=O)OCC)c(Nc2ccc(C)cc2)c(C(=O)OCC)c1. The van der Waals surface area contributed by atoms with E-state index in [4.69, 9.17) is 14.2 Å². The maximum Gasteiger partial charge on any atom is 0.340 e. The van der Waals surface area contributed by atoms with Crippen LogP contribution < -0.4 is 5.32 Å². The molecule has 0 aromatic heterocycles. The Balaban J connectivity index is 2.66. The molecule has 0 aliphatic rings. The smallest absolute Gasteiger partial charge is 0.340 e. The van der Waals surface area contributed by atoms with E-state index in [1.54, 1.807) is 20.8 Å². The van der Waals surface area contributed by atoms with Gasteiger partial charge in [0, 0.05) is 5.69 Å². The Bertz CT molecular complexity index is 850. The van der Waals surface area contributed by atoms with E-state index >= 15 is 0 Å². The fourth-order valence-electron chi connectivity index (χ4n) is 2.63. The topological polar surface area (TPSA) is 90.9 Å². The van der Waals surface area contributed by atoms with Gasteiger partial charge in [-0.1, -0.05) is 17.7 Å². The van der Waals surface area contributed by atoms with Crippen molar-refractivity contribution >= 4 is 29.3 Å². The van der Waals surface area contributed by atoms with Crippen molar-refractivity contribution in [3.63, 3.8) is 0 Å². The molecule has 2 aromatic carbocycles. The summed E-state index contributed by atoms with van der Waals surface area (Å²) in [6.07, 6.45) is 0. The lowest BCUT2D eigenvalue weighted by Gasteiger charge is -2.17. The molecule has 0 amide bonds. The number of aryl methyl sites for hydroxylation is 1. The summed E-state index contributed by atoms with van der Waals surface area (Å²) in [4.78, 5) is 37.5. The molecule has 0 aliphatic carbocycles. The summed E-state index contributed by atoms with van der Waals surface area (Å²) < 4.78 is 15.3. The van der Waals surface area contributed by atoms with Crippen LogP contribution in [0.15, 0.2) is 36.4 Å². The van der Waals surface area contributed by atoms with Crippen molar-refractivity contribution < 1.29 is 28.6 Å². The van der Waals surface area contributed by atoms with E-state index in [0.717, 1.165) is 5.56 Å². The van der Waals surface area contributed by atoms with Crippen molar-refractivity contribution in [2.75, 3.05) is 25.1 Å². The van der Waals surface area contributed by atoms with Crippen LogP contribution in [0.25, 0.3) is 0 Å². The van der Waals surface area contributed by atoms with Crippen molar-refractivity contribution in [1.29, 1.82) is 0 Å². The molecule has 0 saturated carbocycles. The Hall–Kier alpha value is -3.35. The monoisotopic (exact) mass is 399 g/mol. The zero-order chi connectivity index (χ0) is 21.4. The van der Waals surface area contributed by atoms with Crippen molar-refractivity contribution in [2.24, 2.45) is 0 Å². The fraction of sp³-hybridized carbons (Fsp3) is 0.318. The summed E-state index contributed by atoms with van der Waals surface area (Å²) in [7, 11) is 0. The van der Waals surface area contributed by atoms with E-state index in [2.05, 4.69) is 5.32 Å². The highest BCUT2D eigenvalue weighted by Gasteiger charge is 2.25. The van der Waals surface area contributed by atoms with Gasteiger partial charge in [-0.2, -0.15) is 0 Å². The van der Waals surface area contributed by atoms with Crippen molar-refractivity contribution in [2.45, 2.75) is 27.7 Å². The predicted octanol–water partition coefficient (Wildman–Crippen LogP) is 4.27. The number of carbonyl (C=O) groups excluding carboxylic acids is 3. The number of hydrogen-bond donors (Lipinski definition) is 1. The standard InChI is InChI=1S/C22H25NO6/c1-5-27-20(24)15-12-17(21(25)28-6-2)19(18(13-15)22(26)29-7-3)23-16-10-8-14(4)9-11-16/h8-13,23H,5-7H2,1-4H3. The van der Waals surface area contributed by atoms with Gasteiger partial charge in [-0.3, -0.25) is 0 Å². The lowest BCUT2D eigenvalue weighted by atomic mass is 10.0. The molecule has 7 nitrogen and oxygen atoms in total. The van der Waals surface area contributed by atoms with E-state index in [1.807, 2.05) is 31.2 Å². The summed E-state index contributed by atoms with van der Waals surface area (Å²) in [5, 5.41) is 3.09. The highest BCUT2D eigenvalue weighted by molar-refractivity contribution is 6.08. The van der Waals surface area contributed by atoms with Gasteiger partial charge >= 0.3 is 17.9 Å². The first-order chi connectivity index (χ1) is 13.9. The van der Waals surface area contributed by atoms with Crippen LogP contribution >= 0.6 is 0 Å². The second-order valence-electron chi connectivity index (χ2n) is 6.10. The van der Waals surface area contributed by atoms with E-state index in [0.29, 0.717) is 5.69 Å². The molecule has 0 spiro atoms. The van der Waals surface area contributed by atoms with Gasteiger partial charge in [-0.05, 0) is 52.0 Å². The summed E-state index contributed by atoms with van der Waals surface area (Å²) in [6, 6.07) is 10.1. The normalized spacial score (nSPS) is 10.2. The van der Waals surface area contributed by atoms with Crippen LogP contribution in [0.4, 0.5) is 11.4 Å². The Morgan fingerprint density at radius 2 is 1.21 bits per heavy atom. The largest absolute Gasteiger partial charge is 0.462 e. The summed E-state index contributed by atoms with van der Waals surface area (Å²) >= 11 is 0. The van der Waals surface area contributed by atoms with Crippen LogP contribution in [-0.4, -0.2) is 37.7 Å². The minimum atomic E-state index is -0.668. The molecule has 2 rings (SSSR count). The molecule has 0 radical (unpaired) electrons. The number of benzene rings is 2. The molecule has 0 atom stereocenters. The minimum Gasteiger partial charge on any atom is -0.462 e. The van der Waals surface area contributed by atoms with Crippen molar-refractivity contribution in [1.82, 2.24) is 0 Å². The van der Waals surface area contributed by atoms with Crippen LogP contribution in [0.5, 0.6) is 0 Å². The number of ether oxygens (including phenoxy) is 3. The summed E-state index contributed by atoms with van der Waals surface area (Å²) in [5.41, 5.74) is 2.08. The lowest BCUT2D eigenvalue weighted by Crippen LogP contribution is -2.17. The average Bonchev–Trinajstić information content (AvgIpc) is 2.70. The van der Waals surface area contributed by atoms with Gasteiger partial charge in [0.15, 0.2) is 0 Å². The number of anilines is 2. The third-order valence-corrected chi connectivity index (χ3v) is 3.96. The number of carbonyl (C=O) groups is 3. The Labute approximate surface area is 170 Å². The zero-order valence-electron chi connectivity index (χ0n) is 17.0. The molecule has 2 aromatic rings. The molecule has 154 valence electrons. The molecule has 0 saturated heterocycles. The van der Waals surface area contributed by atoms with Crippen LogP contribution in [0.3, 0.4) is 0 Å². The summed E-state index contributed by atoms with van der Waals surface area (Å²) in [6.45, 7) is 7.41. The Kier molecular flexibility index (Phi) is 7.77. The lowest BCUT2D eigenvalue weighted by molar-refractivity contribution is 0.0525. The number of esters is 3. The van der Waals surface area contributed by atoms with E-state index in [-0.39, 0.29) is 42.2 Å². The van der Waals surface area contributed by atoms with Gasteiger partial charge in [-0.15, -0.1) is 0 Å². The first kappa shape index (κ1) is 21.9. The number of hydrogen-bond acceptors (Lipinski definition) is 7. The zero-order valence-corrected chi connectivity index (χ0v) is 17.0. The highest BCUT2D eigenvalue weighted by Crippen LogP contribution is 2.29. The number of nitrogens with one attached hydrogen (secondary N) is 1. The first-order valence-electron chi connectivity index (χ1n) is 9.44. The molecule has 29 heavy (non-hydrogen) atoms. The van der Waals surface area contributed by atoms with Gasteiger partial charge in [0.1, 0.15) is 0 Å². The fourth-order valence-corrected chi connectivity index (χ4v) is 2.63. The van der Waals surface area contributed by atoms with Gasteiger partial charge in [0.2, 0.25) is 0 Å². The third kappa shape index (κ3) is 5.57. The van der Waals surface area contributed by atoms with Gasteiger partial charge < -0.3 is 19.5 Å². The maximum atomic E-state index is 12.6. The molecule has 0 aliphatic heterocycles.